The van der Waals surface area contributed by atoms with Gasteiger partial charge in [-0.2, -0.15) is 17.5 Å². The molecule has 0 radical (unpaired) electrons. The highest BCUT2D eigenvalue weighted by Gasteiger charge is 2.74. The number of imide groups is 1. The van der Waals surface area contributed by atoms with E-state index in [-0.39, 0.29) is 18.2 Å². The van der Waals surface area contributed by atoms with Crippen LogP contribution in [-0.2, 0) is 9.59 Å². The summed E-state index contributed by atoms with van der Waals surface area (Å²) >= 11 is 1.53. The van der Waals surface area contributed by atoms with Gasteiger partial charge < -0.3 is 10.0 Å². The Morgan fingerprint density at radius 2 is 1.65 bits per heavy atom. The van der Waals surface area contributed by atoms with E-state index in [1.54, 1.807) is 0 Å². The van der Waals surface area contributed by atoms with E-state index in [9.17, 15) is 27.9 Å². The summed E-state index contributed by atoms with van der Waals surface area (Å²) in [4.78, 5) is 32.9. The number of alkyl halides is 3. The van der Waals surface area contributed by atoms with Gasteiger partial charge in [-0.1, -0.05) is 25.0 Å². The highest BCUT2D eigenvalue weighted by Crippen LogP contribution is 2.64. The standard InChI is InChI=1S/C29H35F3N4O3S/c30-29(31,32)28(39)14-19-13-21(28)24-23(19)26(37)36(27(24)38)16-18-6-2-1-5-17(18)15-34-9-11-35(12-10-34)25-20-7-3-4-8-22(20)40-33-25/h3-4,7-8,17-19,21,23-24,39H,1-2,5-6,9-16H2/t17-,18-,19+,21-,23+,24-,28+/m0/s1. The molecule has 5 aliphatic rings. The van der Waals surface area contributed by atoms with E-state index < -0.39 is 47.8 Å². The van der Waals surface area contributed by atoms with Crippen LogP contribution >= 0.6 is 11.5 Å². The van der Waals surface area contributed by atoms with Crippen molar-refractivity contribution in [3.8, 4) is 0 Å². The lowest BCUT2D eigenvalue weighted by Gasteiger charge is -2.40. The van der Waals surface area contributed by atoms with Gasteiger partial charge in [-0.05, 0) is 67.1 Å². The predicted octanol–water partition coefficient (Wildman–Crippen LogP) is 4.16. The van der Waals surface area contributed by atoms with Crippen LogP contribution in [0.1, 0.15) is 38.5 Å². The van der Waals surface area contributed by atoms with E-state index in [0.717, 1.165) is 64.2 Å². The summed E-state index contributed by atoms with van der Waals surface area (Å²) in [6.45, 7) is 4.81. The zero-order valence-corrected chi connectivity index (χ0v) is 23.2. The van der Waals surface area contributed by atoms with Crippen molar-refractivity contribution in [3.05, 3.63) is 24.3 Å². The van der Waals surface area contributed by atoms with Gasteiger partial charge in [0, 0.05) is 50.6 Å². The number of nitrogens with zero attached hydrogens (tertiary/aromatic N) is 4. The summed E-state index contributed by atoms with van der Waals surface area (Å²) < 4.78 is 47.1. The van der Waals surface area contributed by atoms with Gasteiger partial charge in [-0.25, -0.2) is 0 Å². The molecule has 1 N–H and O–H groups in total. The Hall–Kier alpha value is -2.24. The van der Waals surface area contributed by atoms with Crippen LogP contribution < -0.4 is 4.90 Å². The minimum Gasteiger partial charge on any atom is -0.380 e. The van der Waals surface area contributed by atoms with E-state index in [4.69, 9.17) is 4.37 Å². The molecule has 2 aromatic rings. The summed E-state index contributed by atoms with van der Waals surface area (Å²) in [5.41, 5.74) is -2.86. The zero-order chi connectivity index (χ0) is 27.8. The molecule has 1 aromatic heterocycles. The number of piperazine rings is 1. The van der Waals surface area contributed by atoms with Gasteiger partial charge in [0.1, 0.15) is 5.82 Å². The maximum Gasteiger partial charge on any atom is 0.417 e. The highest BCUT2D eigenvalue weighted by atomic mass is 32.1. The largest absolute Gasteiger partial charge is 0.417 e. The lowest BCUT2D eigenvalue weighted by atomic mass is 9.72. The van der Waals surface area contributed by atoms with Gasteiger partial charge >= 0.3 is 6.18 Å². The molecule has 40 heavy (non-hydrogen) atoms. The third kappa shape index (κ3) is 4.09. The Labute approximate surface area is 235 Å². The van der Waals surface area contributed by atoms with Crippen LogP contribution in [-0.4, -0.2) is 82.1 Å². The monoisotopic (exact) mass is 576 g/mol. The molecule has 7 nitrogen and oxygen atoms in total. The van der Waals surface area contributed by atoms with Crippen molar-refractivity contribution in [2.24, 2.45) is 35.5 Å². The number of aliphatic hydroxyl groups is 1. The fourth-order valence-corrected chi connectivity index (χ4v) is 9.44. The fraction of sp³-hybridized carbons (Fsp3) is 0.690. The number of rotatable bonds is 5. The Balaban J connectivity index is 0.998. The van der Waals surface area contributed by atoms with Gasteiger partial charge in [-0.15, -0.1) is 0 Å². The molecule has 2 amide bonds. The molecule has 3 aliphatic carbocycles. The first kappa shape index (κ1) is 26.6. The molecule has 5 fully saturated rings. The molecule has 2 saturated heterocycles. The van der Waals surface area contributed by atoms with Crippen molar-refractivity contribution >= 4 is 39.3 Å². The summed E-state index contributed by atoms with van der Waals surface area (Å²) in [5, 5.41) is 11.7. The number of benzene rings is 1. The SMILES string of the molecule is O=C1[C@@H]2[C@@H]3C[C@@H]([C@@H]2C(=O)N1C[C@@H]1CCCC[C@H]1CN1CCN(c2nsc4ccccc24)CC1)[C@@](O)(C(F)(F)F)C3. The van der Waals surface area contributed by atoms with E-state index in [1.165, 1.54) is 26.5 Å². The fourth-order valence-electron chi connectivity index (χ4n) is 8.65. The molecule has 1 aromatic carbocycles. The van der Waals surface area contributed by atoms with Crippen molar-refractivity contribution in [2.75, 3.05) is 44.2 Å². The van der Waals surface area contributed by atoms with Crippen LogP contribution in [0.2, 0.25) is 0 Å². The molecule has 3 saturated carbocycles. The van der Waals surface area contributed by atoms with E-state index in [2.05, 4.69) is 21.9 Å². The zero-order valence-electron chi connectivity index (χ0n) is 22.4. The smallest absolute Gasteiger partial charge is 0.380 e. The third-order valence-electron chi connectivity index (χ3n) is 10.7. The minimum absolute atomic E-state index is 0.103. The highest BCUT2D eigenvalue weighted by molar-refractivity contribution is 7.13. The number of likely N-dealkylation sites (tertiary alicyclic amines) is 1. The molecule has 7 atom stereocenters. The molecular weight excluding hydrogens is 541 g/mol. The number of fused-ring (bicyclic) bond motifs is 6. The lowest BCUT2D eigenvalue weighted by Crippen LogP contribution is -2.54. The maximum atomic E-state index is 13.7. The van der Waals surface area contributed by atoms with Gasteiger partial charge in [0.15, 0.2) is 5.60 Å². The number of hydrogen-bond donors (Lipinski definition) is 1. The quantitative estimate of drug-likeness (QED) is 0.539. The average Bonchev–Trinajstić information content (AvgIpc) is 3.68. The third-order valence-corrected chi connectivity index (χ3v) is 11.5. The Kier molecular flexibility index (Phi) is 6.43. The van der Waals surface area contributed by atoms with Crippen LogP contribution in [0, 0.1) is 35.5 Å². The molecule has 3 heterocycles. The van der Waals surface area contributed by atoms with E-state index in [0.29, 0.717) is 12.5 Å². The van der Waals surface area contributed by atoms with Gasteiger partial charge in [-0.3, -0.25) is 19.4 Å². The number of hydrogen-bond acceptors (Lipinski definition) is 7. The molecule has 2 aliphatic heterocycles. The summed E-state index contributed by atoms with van der Waals surface area (Å²) in [6, 6.07) is 8.30. The van der Waals surface area contributed by atoms with E-state index in [1.807, 2.05) is 12.1 Å². The Bertz CT molecular complexity index is 1310. The molecule has 11 heteroatoms. The van der Waals surface area contributed by atoms with Crippen molar-refractivity contribution in [1.82, 2.24) is 14.2 Å². The van der Waals surface area contributed by atoms with Crippen LogP contribution in [0.5, 0.6) is 0 Å². The normalized spacial score (nSPS) is 36.7. The average molecular weight is 577 g/mol. The minimum atomic E-state index is -4.79. The van der Waals surface area contributed by atoms with Crippen LogP contribution in [0.4, 0.5) is 19.0 Å². The van der Waals surface area contributed by atoms with E-state index >= 15 is 0 Å². The second kappa shape index (κ2) is 9.66. The van der Waals surface area contributed by atoms with Gasteiger partial charge in [0.05, 0.1) is 16.5 Å². The number of halogens is 3. The van der Waals surface area contributed by atoms with Gasteiger partial charge in [0.2, 0.25) is 11.8 Å². The van der Waals surface area contributed by atoms with Crippen molar-refractivity contribution in [3.63, 3.8) is 0 Å². The van der Waals surface area contributed by atoms with Crippen LogP contribution in [0.25, 0.3) is 10.1 Å². The molecular formula is C29H35F3N4O3S. The second-order valence-electron chi connectivity index (χ2n) is 12.7. The number of carbonyl (C=O) groups excluding carboxylic acids is 2. The molecule has 2 bridgehead atoms. The first-order chi connectivity index (χ1) is 19.2. The number of aromatic nitrogens is 1. The van der Waals surface area contributed by atoms with Crippen molar-refractivity contribution < 1.29 is 27.9 Å². The first-order valence-corrected chi connectivity index (χ1v) is 15.4. The lowest BCUT2D eigenvalue weighted by molar-refractivity contribution is -0.282. The first-order valence-electron chi connectivity index (χ1n) is 14.6. The van der Waals surface area contributed by atoms with Crippen LogP contribution in [0.15, 0.2) is 24.3 Å². The van der Waals surface area contributed by atoms with Crippen molar-refractivity contribution in [2.45, 2.75) is 50.3 Å². The Morgan fingerprint density at radius 3 is 2.38 bits per heavy atom. The summed E-state index contributed by atoms with van der Waals surface area (Å²) in [6.07, 6.45) is -1.06. The molecule has 7 rings (SSSR count). The second-order valence-corrected chi connectivity index (χ2v) is 13.5. The number of anilines is 1. The molecule has 0 spiro atoms. The maximum absolute atomic E-state index is 13.7. The van der Waals surface area contributed by atoms with Crippen LogP contribution in [0.3, 0.4) is 0 Å². The molecule has 0 unspecified atom stereocenters. The van der Waals surface area contributed by atoms with Crippen molar-refractivity contribution in [1.29, 1.82) is 0 Å². The Morgan fingerprint density at radius 1 is 0.975 bits per heavy atom. The number of carbonyl (C=O) groups is 2. The summed E-state index contributed by atoms with van der Waals surface area (Å²) in [7, 11) is 0. The summed E-state index contributed by atoms with van der Waals surface area (Å²) in [5.74, 6) is -2.76. The number of amides is 2. The molecule has 216 valence electrons. The topological polar surface area (TPSA) is 77.0 Å². The predicted molar refractivity (Wildman–Crippen MR) is 145 cm³/mol. The van der Waals surface area contributed by atoms with Gasteiger partial charge in [0.25, 0.3) is 0 Å².